The van der Waals surface area contributed by atoms with Crippen LogP contribution in [0.3, 0.4) is 0 Å². The molecular formula is C22H24N6S. The lowest BCUT2D eigenvalue weighted by molar-refractivity contribution is 0.461. The van der Waals surface area contributed by atoms with Gasteiger partial charge in [-0.2, -0.15) is 4.98 Å². The smallest absolute Gasteiger partial charge is 0.225 e. The molecule has 3 aromatic heterocycles. The Morgan fingerprint density at radius 1 is 1.03 bits per heavy atom. The Balaban J connectivity index is 1.58. The molecule has 0 unspecified atom stereocenters. The van der Waals surface area contributed by atoms with E-state index in [0.717, 1.165) is 21.5 Å². The molecule has 0 radical (unpaired) electrons. The first-order chi connectivity index (χ1) is 14.3. The lowest BCUT2D eigenvalue weighted by atomic mass is 9.96. The highest BCUT2D eigenvalue weighted by atomic mass is 32.1. The van der Waals surface area contributed by atoms with E-state index in [1.54, 1.807) is 11.3 Å². The third-order valence-electron chi connectivity index (χ3n) is 5.51. The molecule has 29 heavy (non-hydrogen) atoms. The van der Waals surface area contributed by atoms with Gasteiger partial charge in [-0.05, 0) is 29.9 Å². The molecular weight excluding hydrogens is 380 g/mol. The fourth-order valence-electron chi connectivity index (χ4n) is 4.02. The summed E-state index contributed by atoms with van der Waals surface area (Å²) >= 11 is 1.66. The van der Waals surface area contributed by atoms with Crippen molar-refractivity contribution in [2.24, 2.45) is 0 Å². The third kappa shape index (κ3) is 3.70. The van der Waals surface area contributed by atoms with Gasteiger partial charge in [0.15, 0.2) is 5.65 Å². The summed E-state index contributed by atoms with van der Waals surface area (Å²) in [5, 5.41) is 11.2. The van der Waals surface area contributed by atoms with Crippen molar-refractivity contribution >= 4 is 34.1 Å². The molecule has 1 aromatic carbocycles. The van der Waals surface area contributed by atoms with Gasteiger partial charge in [-0.3, -0.25) is 0 Å². The van der Waals surface area contributed by atoms with Gasteiger partial charge >= 0.3 is 0 Å². The number of hydrogen-bond acceptors (Lipinski definition) is 6. The predicted octanol–water partition coefficient (Wildman–Crippen LogP) is 4.93. The highest BCUT2D eigenvalue weighted by Crippen LogP contribution is 2.34. The summed E-state index contributed by atoms with van der Waals surface area (Å²) in [4.78, 5) is 10.7. The fourth-order valence-corrected chi connectivity index (χ4v) is 4.74. The number of nitrogens with zero attached hydrogens (tertiary/aromatic N) is 4. The van der Waals surface area contributed by atoms with Crippen LogP contribution in [0.4, 0.5) is 11.8 Å². The number of aromatic nitrogens is 4. The van der Waals surface area contributed by atoms with E-state index in [4.69, 9.17) is 20.8 Å². The molecule has 1 saturated carbocycles. The van der Waals surface area contributed by atoms with Crippen molar-refractivity contribution in [1.29, 1.82) is 0 Å². The zero-order valence-electron chi connectivity index (χ0n) is 16.2. The number of fused-ring (bicyclic) bond motifs is 1. The number of nitrogen functional groups attached to an aromatic ring is 1. The maximum atomic E-state index is 6.53. The third-order valence-corrected chi connectivity index (χ3v) is 6.38. The molecule has 0 atom stereocenters. The molecule has 4 aromatic rings. The fraction of sp³-hybridized carbons (Fsp3) is 0.318. The van der Waals surface area contributed by atoms with Gasteiger partial charge in [0.05, 0.1) is 22.5 Å². The first kappa shape index (κ1) is 18.1. The minimum absolute atomic E-state index is 0.432. The van der Waals surface area contributed by atoms with Crippen LogP contribution < -0.4 is 11.1 Å². The normalized spacial score (nSPS) is 15.0. The Morgan fingerprint density at radius 3 is 2.62 bits per heavy atom. The summed E-state index contributed by atoms with van der Waals surface area (Å²) in [5.74, 6) is 1.26. The molecule has 5 rings (SSSR count). The molecule has 3 heterocycles. The van der Waals surface area contributed by atoms with Gasteiger partial charge in [0.25, 0.3) is 0 Å². The van der Waals surface area contributed by atoms with Crippen LogP contribution >= 0.6 is 11.3 Å². The van der Waals surface area contributed by atoms with Crippen LogP contribution in [-0.4, -0.2) is 25.8 Å². The van der Waals surface area contributed by atoms with E-state index >= 15 is 0 Å². The Kier molecular flexibility index (Phi) is 4.89. The van der Waals surface area contributed by atoms with Crippen molar-refractivity contribution in [3.8, 4) is 10.6 Å². The largest absolute Gasteiger partial charge is 0.383 e. The second-order valence-electron chi connectivity index (χ2n) is 7.58. The van der Waals surface area contributed by atoms with Crippen LogP contribution in [0.25, 0.3) is 21.6 Å². The topological polar surface area (TPSA) is 81.7 Å². The van der Waals surface area contributed by atoms with Gasteiger partial charge in [0.1, 0.15) is 5.82 Å². The van der Waals surface area contributed by atoms with Gasteiger partial charge in [0, 0.05) is 6.04 Å². The molecule has 0 aliphatic heterocycles. The van der Waals surface area contributed by atoms with Gasteiger partial charge < -0.3 is 11.1 Å². The average molecular weight is 405 g/mol. The van der Waals surface area contributed by atoms with Gasteiger partial charge in [-0.15, -0.1) is 16.4 Å². The maximum absolute atomic E-state index is 6.53. The minimum atomic E-state index is 0.432. The number of benzene rings is 1. The summed E-state index contributed by atoms with van der Waals surface area (Å²) in [6.45, 7) is 0.609. The van der Waals surface area contributed by atoms with E-state index in [9.17, 15) is 0 Å². The predicted molar refractivity (Wildman–Crippen MR) is 119 cm³/mol. The maximum Gasteiger partial charge on any atom is 0.225 e. The van der Waals surface area contributed by atoms with Crippen molar-refractivity contribution in [1.82, 2.24) is 19.7 Å². The summed E-state index contributed by atoms with van der Waals surface area (Å²) in [5.41, 5.74) is 9.19. The highest BCUT2D eigenvalue weighted by molar-refractivity contribution is 7.13. The van der Waals surface area contributed by atoms with Gasteiger partial charge in [0.2, 0.25) is 5.95 Å². The van der Waals surface area contributed by atoms with Crippen LogP contribution in [0.2, 0.25) is 0 Å². The SMILES string of the molecule is Nc1c2c(-c3cccs3)nc(NC3CCCCC3)nc2nn1Cc1ccccc1. The summed E-state index contributed by atoms with van der Waals surface area (Å²) < 4.78 is 1.83. The van der Waals surface area contributed by atoms with Crippen LogP contribution in [0, 0.1) is 0 Å². The molecule has 1 aliphatic carbocycles. The molecule has 148 valence electrons. The second-order valence-corrected chi connectivity index (χ2v) is 8.53. The highest BCUT2D eigenvalue weighted by Gasteiger charge is 2.21. The van der Waals surface area contributed by atoms with Gasteiger partial charge in [-0.25, -0.2) is 9.67 Å². The van der Waals surface area contributed by atoms with Crippen LogP contribution in [-0.2, 0) is 6.54 Å². The van der Waals surface area contributed by atoms with Crippen molar-refractivity contribution in [3.05, 3.63) is 53.4 Å². The number of thiophene rings is 1. The monoisotopic (exact) mass is 404 g/mol. The number of anilines is 2. The Hall–Kier alpha value is -2.93. The van der Waals surface area contributed by atoms with Crippen molar-refractivity contribution in [2.75, 3.05) is 11.1 Å². The Morgan fingerprint density at radius 2 is 1.86 bits per heavy atom. The van der Waals surface area contributed by atoms with Gasteiger partial charge in [-0.1, -0.05) is 55.7 Å². The zero-order chi connectivity index (χ0) is 19.6. The van der Waals surface area contributed by atoms with Crippen LogP contribution in [0.15, 0.2) is 47.8 Å². The molecule has 0 saturated heterocycles. The molecule has 0 spiro atoms. The molecule has 7 heteroatoms. The summed E-state index contributed by atoms with van der Waals surface area (Å²) in [7, 11) is 0. The Labute approximate surface area is 173 Å². The number of nitrogens with one attached hydrogen (secondary N) is 1. The quantitative estimate of drug-likeness (QED) is 0.493. The molecule has 3 N–H and O–H groups in total. The molecule has 0 bridgehead atoms. The van der Waals surface area contributed by atoms with Crippen molar-refractivity contribution in [2.45, 2.75) is 44.7 Å². The van der Waals surface area contributed by atoms with Crippen LogP contribution in [0.1, 0.15) is 37.7 Å². The standard InChI is InChI=1S/C22H24N6S/c23-20-18-19(17-12-7-13-29-17)25-22(24-16-10-5-2-6-11-16)26-21(18)27-28(20)14-15-8-3-1-4-9-15/h1,3-4,7-9,12-13,16H,2,5-6,10-11,14,23H2,(H,24,26,27). The first-order valence-corrected chi connectivity index (χ1v) is 11.0. The van der Waals surface area contributed by atoms with Crippen molar-refractivity contribution < 1.29 is 0 Å². The van der Waals surface area contributed by atoms with Crippen molar-refractivity contribution in [3.63, 3.8) is 0 Å². The van der Waals surface area contributed by atoms with E-state index in [-0.39, 0.29) is 0 Å². The van der Waals surface area contributed by atoms with E-state index < -0.39 is 0 Å². The van der Waals surface area contributed by atoms with E-state index in [2.05, 4.69) is 28.9 Å². The molecule has 6 nitrogen and oxygen atoms in total. The molecule has 1 aliphatic rings. The molecule has 0 amide bonds. The first-order valence-electron chi connectivity index (χ1n) is 10.2. The zero-order valence-corrected chi connectivity index (χ0v) is 17.0. The van der Waals surface area contributed by atoms with E-state index in [1.807, 2.05) is 28.9 Å². The summed E-state index contributed by atoms with van der Waals surface area (Å²) in [6.07, 6.45) is 6.17. The lowest BCUT2D eigenvalue weighted by Gasteiger charge is -2.22. The van der Waals surface area contributed by atoms with Crippen LogP contribution in [0.5, 0.6) is 0 Å². The second kappa shape index (κ2) is 7.83. The average Bonchev–Trinajstić information content (AvgIpc) is 3.38. The Bertz CT molecular complexity index is 1100. The molecule has 1 fully saturated rings. The lowest BCUT2D eigenvalue weighted by Crippen LogP contribution is -2.23. The number of rotatable bonds is 5. The van der Waals surface area contributed by atoms with E-state index in [0.29, 0.717) is 30.0 Å². The number of nitrogens with two attached hydrogens (primary N) is 1. The summed E-state index contributed by atoms with van der Waals surface area (Å²) in [6, 6.07) is 14.8. The minimum Gasteiger partial charge on any atom is -0.383 e. The number of hydrogen-bond donors (Lipinski definition) is 2. The van der Waals surface area contributed by atoms with E-state index in [1.165, 1.54) is 32.1 Å².